The molecule has 0 unspecified atom stereocenters. The predicted octanol–water partition coefficient (Wildman–Crippen LogP) is 2.96. The van der Waals surface area contributed by atoms with Crippen molar-refractivity contribution < 1.29 is 24.1 Å². The lowest BCUT2D eigenvalue weighted by atomic mass is 10.2. The molecule has 22 heavy (non-hydrogen) atoms. The third kappa shape index (κ3) is 5.22. The third-order valence-corrected chi connectivity index (χ3v) is 3.59. The van der Waals surface area contributed by atoms with E-state index in [9.17, 15) is 4.79 Å². The standard InChI is InChI=1S/C17H24O5/c1-13(17(19)20-11-10-18)12-16(21-14-6-2-3-7-14)22-15-8-4-5-9-15/h6,8,16,18H,1-5,7,9-12H2. The molecule has 1 N–H and O–H groups in total. The van der Waals surface area contributed by atoms with Crippen LogP contribution in [0.2, 0.25) is 0 Å². The largest absolute Gasteiger partial charge is 0.460 e. The molecule has 5 heteroatoms. The van der Waals surface area contributed by atoms with Gasteiger partial charge in [-0.15, -0.1) is 0 Å². The van der Waals surface area contributed by atoms with Crippen molar-refractivity contribution in [2.24, 2.45) is 0 Å². The van der Waals surface area contributed by atoms with Crippen LogP contribution in [0.4, 0.5) is 0 Å². The van der Waals surface area contributed by atoms with Crippen LogP contribution in [-0.2, 0) is 19.0 Å². The number of allylic oxidation sites excluding steroid dienone is 4. The summed E-state index contributed by atoms with van der Waals surface area (Å²) in [6, 6.07) is 0. The highest BCUT2D eigenvalue weighted by molar-refractivity contribution is 5.87. The first kappa shape index (κ1) is 16.6. The first-order valence-electron chi connectivity index (χ1n) is 7.86. The van der Waals surface area contributed by atoms with Gasteiger partial charge in [-0.25, -0.2) is 4.79 Å². The zero-order valence-corrected chi connectivity index (χ0v) is 12.9. The number of hydrogen-bond donors (Lipinski definition) is 1. The van der Waals surface area contributed by atoms with Gasteiger partial charge in [0.1, 0.15) is 6.61 Å². The van der Waals surface area contributed by atoms with Gasteiger partial charge >= 0.3 is 5.97 Å². The summed E-state index contributed by atoms with van der Waals surface area (Å²) in [7, 11) is 0. The van der Waals surface area contributed by atoms with Crippen molar-refractivity contribution in [3.8, 4) is 0 Å². The van der Waals surface area contributed by atoms with E-state index in [-0.39, 0.29) is 25.2 Å². The maximum atomic E-state index is 11.7. The van der Waals surface area contributed by atoms with Crippen molar-refractivity contribution in [1.29, 1.82) is 0 Å². The van der Waals surface area contributed by atoms with Gasteiger partial charge in [-0.05, 0) is 37.8 Å². The fourth-order valence-corrected chi connectivity index (χ4v) is 2.47. The Labute approximate surface area is 131 Å². The molecule has 0 saturated carbocycles. The van der Waals surface area contributed by atoms with Gasteiger partial charge in [0.2, 0.25) is 6.29 Å². The smallest absolute Gasteiger partial charge is 0.333 e. The molecule has 2 aliphatic rings. The Morgan fingerprint density at radius 2 is 1.77 bits per heavy atom. The maximum Gasteiger partial charge on any atom is 0.333 e. The highest BCUT2D eigenvalue weighted by Crippen LogP contribution is 2.27. The van der Waals surface area contributed by atoms with E-state index in [0.29, 0.717) is 0 Å². The molecular weight excluding hydrogens is 284 g/mol. The van der Waals surface area contributed by atoms with E-state index in [2.05, 4.69) is 18.7 Å². The second-order valence-electron chi connectivity index (χ2n) is 5.46. The van der Waals surface area contributed by atoms with Crippen LogP contribution in [0.15, 0.2) is 35.8 Å². The van der Waals surface area contributed by atoms with Crippen molar-refractivity contribution in [1.82, 2.24) is 0 Å². The average Bonchev–Trinajstić information content (AvgIpc) is 3.18. The molecule has 0 heterocycles. The van der Waals surface area contributed by atoms with Gasteiger partial charge in [-0.1, -0.05) is 6.58 Å². The average molecular weight is 308 g/mol. The van der Waals surface area contributed by atoms with E-state index in [0.717, 1.165) is 50.0 Å². The summed E-state index contributed by atoms with van der Waals surface area (Å²) < 4.78 is 16.6. The normalized spacial score (nSPS) is 17.2. The molecule has 0 fully saturated rings. The predicted molar refractivity (Wildman–Crippen MR) is 81.6 cm³/mol. The molecular formula is C17H24O5. The Balaban J connectivity index is 1.90. The van der Waals surface area contributed by atoms with Gasteiger partial charge in [0.15, 0.2) is 0 Å². The summed E-state index contributed by atoms with van der Waals surface area (Å²) in [5, 5.41) is 8.69. The first-order valence-corrected chi connectivity index (χ1v) is 7.86. The molecule has 2 rings (SSSR count). The van der Waals surface area contributed by atoms with E-state index < -0.39 is 12.3 Å². The molecule has 5 nitrogen and oxygen atoms in total. The van der Waals surface area contributed by atoms with Gasteiger partial charge in [0.25, 0.3) is 0 Å². The number of aliphatic hydroxyl groups excluding tert-OH is 1. The molecule has 0 bridgehead atoms. The summed E-state index contributed by atoms with van der Waals surface area (Å²) in [4.78, 5) is 11.7. The van der Waals surface area contributed by atoms with E-state index >= 15 is 0 Å². The zero-order valence-electron chi connectivity index (χ0n) is 12.9. The second-order valence-corrected chi connectivity index (χ2v) is 5.46. The minimum Gasteiger partial charge on any atom is -0.460 e. The lowest BCUT2D eigenvalue weighted by molar-refractivity contribution is -0.142. The van der Waals surface area contributed by atoms with Crippen LogP contribution in [0.3, 0.4) is 0 Å². The quantitative estimate of drug-likeness (QED) is 0.403. The van der Waals surface area contributed by atoms with E-state index in [1.807, 2.05) is 0 Å². The Kier molecular flexibility index (Phi) is 6.52. The van der Waals surface area contributed by atoms with Crippen LogP contribution in [-0.4, -0.2) is 30.6 Å². The van der Waals surface area contributed by atoms with Crippen LogP contribution in [0.5, 0.6) is 0 Å². The lowest BCUT2D eigenvalue weighted by Gasteiger charge is -2.22. The van der Waals surface area contributed by atoms with Crippen molar-refractivity contribution in [2.45, 2.75) is 51.2 Å². The van der Waals surface area contributed by atoms with Crippen molar-refractivity contribution in [3.05, 3.63) is 35.8 Å². The van der Waals surface area contributed by atoms with E-state index in [4.69, 9.17) is 19.3 Å². The van der Waals surface area contributed by atoms with Crippen molar-refractivity contribution in [2.75, 3.05) is 13.2 Å². The van der Waals surface area contributed by atoms with E-state index in [1.165, 1.54) is 0 Å². The second kappa shape index (κ2) is 8.63. The van der Waals surface area contributed by atoms with Crippen molar-refractivity contribution >= 4 is 5.97 Å². The first-order chi connectivity index (χ1) is 10.7. The number of carbonyl (C=O) groups excluding carboxylic acids is 1. The molecule has 122 valence electrons. The number of ether oxygens (including phenoxy) is 3. The number of aliphatic hydroxyl groups is 1. The Hall–Kier alpha value is -1.75. The van der Waals surface area contributed by atoms with Crippen LogP contribution in [0.1, 0.15) is 44.9 Å². The molecule has 0 amide bonds. The van der Waals surface area contributed by atoms with Crippen LogP contribution >= 0.6 is 0 Å². The molecule has 0 radical (unpaired) electrons. The van der Waals surface area contributed by atoms with Gasteiger partial charge < -0.3 is 19.3 Å². The number of esters is 1. The number of carbonyl (C=O) groups is 1. The summed E-state index contributed by atoms with van der Waals surface area (Å²) >= 11 is 0. The molecule has 0 aromatic carbocycles. The SMILES string of the molecule is C=C(CC(OC1=CCCC1)OC1=CCCC1)C(=O)OCCO. The van der Waals surface area contributed by atoms with Crippen molar-refractivity contribution in [3.63, 3.8) is 0 Å². The number of rotatable bonds is 9. The summed E-state index contributed by atoms with van der Waals surface area (Å²) in [5.74, 6) is 1.31. The Morgan fingerprint density at radius 3 is 2.23 bits per heavy atom. The Bertz CT molecular complexity index is 438. The minimum absolute atomic E-state index is 0.0272. The third-order valence-electron chi connectivity index (χ3n) is 3.59. The fraction of sp³-hybridized carbons (Fsp3) is 0.588. The summed E-state index contributed by atoms with van der Waals surface area (Å²) in [5.41, 5.74) is 0.288. The topological polar surface area (TPSA) is 65.0 Å². The highest BCUT2D eigenvalue weighted by atomic mass is 16.7. The fourth-order valence-electron chi connectivity index (χ4n) is 2.47. The highest BCUT2D eigenvalue weighted by Gasteiger charge is 2.22. The van der Waals surface area contributed by atoms with Crippen LogP contribution in [0.25, 0.3) is 0 Å². The van der Waals surface area contributed by atoms with Gasteiger partial charge in [-0.2, -0.15) is 0 Å². The molecule has 0 aromatic rings. The molecule has 0 spiro atoms. The van der Waals surface area contributed by atoms with Crippen LogP contribution < -0.4 is 0 Å². The zero-order chi connectivity index (χ0) is 15.8. The maximum absolute atomic E-state index is 11.7. The number of hydrogen-bond acceptors (Lipinski definition) is 5. The molecule has 0 aliphatic heterocycles. The van der Waals surface area contributed by atoms with Gasteiger partial charge in [-0.3, -0.25) is 0 Å². The Morgan fingerprint density at radius 1 is 1.18 bits per heavy atom. The molecule has 0 atom stereocenters. The van der Waals surface area contributed by atoms with Crippen LogP contribution in [0, 0.1) is 0 Å². The summed E-state index contributed by atoms with van der Waals surface area (Å²) in [6.07, 6.45) is 9.84. The van der Waals surface area contributed by atoms with Gasteiger partial charge in [0, 0.05) is 18.4 Å². The van der Waals surface area contributed by atoms with Gasteiger partial charge in [0.05, 0.1) is 24.5 Å². The van der Waals surface area contributed by atoms with E-state index in [1.54, 1.807) is 0 Å². The molecule has 0 aromatic heterocycles. The molecule has 2 aliphatic carbocycles. The lowest BCUT2D eigenvalue weighted by Crippen LogP contribution is -2.21. The summed E-state index contributed by atoms with van der Waals surface area (Å²) in [6.45, 7) is 3.51. The monoisotopic (exact) mass is 308 g/mol. The molecule has 0 saturated heterocycles. The minimum atomic E-state index is -0.553.